The summed E-state index contributed by atoms with van der Waals surface area (Å²) in [4.78, 5) is 40.2. The number of nitrogens with one attached hydrogen (secondary N) is 1. The first-order chi connectivity index (χ1) is 16.2. The molecule has 34 heavy (non-hydrogen) atoms. The van der Waals surface area contributed by atoms with E-state index < -0.39 is 29.8 Å². The topological polar surface area (TPSA) is 91.4 Å². The molecule has 184 valence electrons. The van der Waals surface area contributed by atoms with E-state index in [-0.39, 0.29) is 56.6 Å². The van der Waals surface area contributed by atoms with Gasteiger partial charge in [-0.1, -0.05) is 12.2 Å². The molecule has 1 aliphatic carbocycles. The molecular formula is C22H26F2N4O5S. The van der Waals surface area contributed by atoms with Crippen LogP contribution in [0.3, 0.4) is 0 Å². The average Bonchev–Trinajstić information content (AvgIpc) is 3.58. The maximum absolute atomic E-state index is 15.0. The van der Waals surface area contributed by atoms with E-state index in [1.807, 2.05) is 0 Å². The molecule has 1 aromatic rings. The third kappa shape index (κ3) is 5.54. The molecule has 0 spiro atoms. The standard InChI is InChI=1S/C22H26F2N4O5S/c1-13(29)32-12-19(30)26-4-6-27(7-5-26)20-17(23)8-15(9-18(20)24)28-11-16(33-22(28)31)10-25-21(34)14-2-3-14/h8-9,14,16H,2-7,10-12H2,1H3,(H,25,34)/t16-/m0/s1. The quantitative estimate of drug-likeness (QED) is 0.452. The Morgan fingerprint density at radius 2 is 1.82 bits per heavy atom. The lowest BCUT2D eigenvalue weighted by Crippen LogP contribution is -2.50. The van der Waals surface area contributed by atoms with Crippen LogP contribution in [0.1, 0.15) is 19.8 Å². The Balaban J connectivity index is 1.36. The lowest BCUT2D eigenvalue weighted by Gasteiger charge is -2.36. The average molecular weight is 497 g/mol. The summed E-state index contributed by atoms with van der Waals surface area (Å²) in [6.45, 7) is 2.24. The monoisotopic (exact) mass is 496 g/mol. The Labute approximate surface area is 200 Å². The zero-order chi connectivity index (χ0) is 24.4. The molecule has 0 aromatic heterocycles. The van der Waals surface area contributed by atoms with E-state index in [4.69, 9.17) is 21.7 Å². The zero-order valence-corrected chi connectivity index (χ0v) is 19.5. The Bertz CT molecular complexity index is 975. The molecule has 1 saturated carbocycles. The summed E-state index contributed by atoms with van der Waals surface area (Å²) in [6.07, 6.45) is 0.975. The fourth-order valence-corrected chi connectivity index (χ4v) is 4.31. The van der Waals surface area contributed by atoms with E-state index in [0.717, 1.165) is 30.0 Å². The summed E-state index contributed by atoms with van der Waals surface area (Å²) in [5, 5.41) is 3.10. The highest BCUT2D eigenvalue weighted by molar-refractivity contribution is 7.80. The van der Waals surface area contributed by atoms with Crippen molar-refractivity contribution in [3.63, 3.8) is 0 Å². The minimum atomic E-state index is -0.807. The SMILES string of the molecule is CC(=O)OCC(=O)N1CCN(c2c(F)cc(N3C[C@H](CNC(=S)C4CC4)OC3=O)cc2F)CC1. The van der Waals surface area contributed by atoms with Crippen molar-refractivity contribution in [2.45, 2.75) is 25.9 Å². The summed E-state index contributed by atoms with van der Waals surface area (Å²) >= 11 is 5.27. The van der Waals surface area contributed by atoms with Crippen molar-refractivity contribution in [3.05, 3.63) is 23.8 Å². The van der Waals surface area contributed by atoms with Gasteiger partial charge in [0.05, 0.1) is 23.8 Å². The highest BCUT2D eigenvalue weighted by atomic mass is 32.1. The van der Waals surface area contributed by atoms with Crippen LogP contribution in [-0.2, 0) is 19.1 Å². The largest absolute Gasteiger partial charge is 0.456 e. The number of thiocarbonyl (C=S) groups is 1. The van der Waals surface area contributed by atoms with Crippen molar-refractivity contribution in [1.82, 2.24) is 10.2 Å². The van der Waals surface area contributed by atoms with Crippen LogP contribution in [0.15, 0.2) is 12.1 Å². The van der Waals surface area contributed by atoms with Crippen LogP contribution in [0.25, 0.3) is 0 Å². The van der Waals surface area contributed by atoms with E-state index in [9.17, 15) is 23.2 Å². The predicted molar refractivity (Wildman–Crippen MR) is 123 cm³/mol. The number of piperazine rings is 1. The molecule has 2 amide bonds. The summed E-state index contributed by atoms with van der Waals surface area (Å²) < 4.78 is 39.9. The lowest BCUT2D eigenvalue weighted by molar-refractivity contribution is -0.150. The number of esters is 1. The first-order valence-corrected chi connectivity index (χ1v) is 11.5. The molecule has 2 aliphatic heterocycles. The Morgan fingerprint density at radius 1 is 1.18 bits per heavy atom. The fourth-order valence-electron chi connectivity index (χ4n) is 3.99. The highest BCUT2D eigenvalue weighted by Crippen LogP contribution is 2.32. The first-order valence-electron chi connectivity index (χ1n) is 11.1. The molecule has 0 radical (unpaired) electrons. The maximum atomic E-state index is 15.0. The normalized spacial score (nSPS) is 20.3. The number of hydrogen-bond donors (Lipinski definition) is 1. The number of hydrogen-bond acceptors (Lipinski definition) is 7. The molecule has 2 heterocycles. The van der Waals surface area contributed by atoms with E-state index in [0.29, 0.717) is 12.5 Å². The van der Waals surface area contributed by atoms with E-state index in [2.05, 4.69) is 5.32 Å². The van der Waals surface area contributed by atoms with Crippen LogP contribution in [0.2, 0.25) is 0 Å². The molecule has 3 fully saturated rings. The van der Waals surface area contributed by atoms with Crippen molar-refractivity contribution in [3.8, 4) is 0 Å². The molecule has 12 heteroatoms. The van der Waals surface area contributed by atoms with Gasteiger partial charge in [0.2, 0.25) is 0 Å². The van der Waals surface area contributed by atoms with Gasteiger partial charge in [-0.3, -0.25) is 14.5 Å². The minimum Gasteiger partial charge on any atom is -0.456 e. The van der Waals surface area contributed by atoms with Crippen LogP contribution in [-0.4, -0.2) is 79.8 Å². The molecule has 1 atom stereocenters. The van der Waals surface area contributed by atoms with E-state index in [1.54, 1.807) is 0 Å². The molecule has 1 N–H and O–H groups in total. The second-order valence-electron chi connectivity index (χ2n) is 8.54. The van der Waals surface area contributed by atoms with Crippen LogP contribution >= 0.6 is 12.2 Å². The smallest absolute Gasteiger partial charge is 0.414 e. The number of ether oxygens (including phenoxy) is 2. The van der Waals surface area contributed by atoms with Crippen LogP contribution < -0.4 is 15.1 Å². The summed E-state index contributed by atoms with van der Waals surface area (Å²) in [7, 11) is 0. The zero-order valence-electron chi connectivity index (χ0n) is 18.7. The highest BCUT2D eigenvalue weighted by Gasteiger charge is 2.35. The van der Waals surface area contributed by atoms with Gasteiger partial charge in [0.25, 0.3) is 5.91 Å². The lowest BCUT2D eigenvalue weighted by atomic mass is 10.2. The van der Waals surface area contributed by atoms with Gasteiger partial charge in [0.1, 0.15) is 11.8 Å². The Morgan fingerprint density at radius 3 is 2.41 bits per heavy atom. The second-order valence-corrected chi connectivity index (χ2v) is 8.98. The van der Waals surface area contributed by atoms with Crippen LogP contribution in [0.5, 0.6) is 0 Å². The molecule has 1 aromatic carbocycles. The molecule has 0 bridgehead atoms. The van der Waals surface area contributed by atoms with Crippen molar-refractivity contribution in [2.24, 2.45) is 5.92 Å². The van der Waals surface area contributed by atoms with Gasteiger partial charge in [-0.05, 0) is 12.8 Å². The summed E-state index contributed by atoms with van der Waals surface area (Å²) in [5.41, 5.74) is -0.136. The number of rotatable bonds is 7. The van der Waals surface area contributed by atoms with Crippen molar-refractivity contribution in [2.75, 3.05) is 55.7 Å². The number of carbonyl (C=O) groups is 3. The third-order valence-corrected chi connectivity index (χ3v) is 6.46. The van der Waals surface area contributed by atoms with E-state index in [1.165, 1.54) is 21.6 Å². The first kappa shape index (κ1) is 24.1. The molecule has 2 saturated heterocycles. The molecule has 0 unspecified atom stereocenters. The van der Waals surface area contributed by atoms with E-state index >= 15 is 0 Å². The maximum Gasteiger partial charge on any atom is 0.414 e. The number of benzene rings is 1. The number of halogens is 2. The van der Waals surface area contributed by atoms with Gasteiger partial charge in [-0.25, -0.2) is 13.6 Å². The Kier molecular flexibility index (Phi) is 7.15. The van der Waals surface area contributed by atoms with Gasteiger partial charge in [0, 0.05) is 51.2 Å². The second kappa shape index (κ2) is 10.1. The van der Waals surface area contributed by atoms with Gasteiger partial charge in [0.15, 0.2) is 18.2 Å². The predicted octanol–water partition coefficient (Wildman–Crippen LogP) is 1.83. The molecule has 4 rings (SSSR count). The minimum absolute atomic E-state index is 0.0752. The summed E-state index contributed by atoms with van der Waals surface area (Å²) in [6, 6.07) is 2.23. The number of amides is 2. The molecule has 9 nitrogen and oxygen atoms in total. The number of cyclic esters (lactones) is 1. The summed E-state index contributed by atoms with van der Waals surface area (Å²) in [5.74, 6) is -2.13. The van der Waals surface area contributed by atoms with Crippen molar-refractivity contribution in [1.29, 1.82) is 0 Å². The Hall–Kier alpha value is -3.02. The van der Waals surface area contributed by atoms with Crippen LogP contribution in [0, 0.1) is 17.6 Å². The van der Waals surface area contributed by atoms with Crippen molar-refractivity contribution < 1.29 is 32.6 Å². The number of anilines is 2. The molecular weight excluding hydrogens is 470 g/mol. The number of nitrogens with zero attached hydrogens (tertiary/aromatic N) is 3. The van der Waals surface area contributed by atoms with Crippen LogP contribution in [0.4, 0.5) is 25.0 Å². The van der Waals surface area contributed by atoms with Gasteiger partial charge >= 0.3 is 12.1 Å². The molecule has 3 aliphatic rings. The number of carbonyl (C=O) groups excluding carboxylic acids is 3. The fraction of sp³-hybridized carbons (Fsp3) is 0.545. The van der Waals surface area contributed by atoms with Crippen molar-refractivity contribution >= 4 is 46.6 Å². The van der Waals surface area contributed by atoms with Gasteiger partial charge in [-0.15, -0.1) is 0 Å². The van der Waals surface area contributed by atoms with Gasteiger partial charge < -0.3 is 24.6 Å². The third-order valence-electron chi connectivity index (χ3n) is 5.99. The van der Waals surface area contributed by atoms with Gasteiger partial charge in [-0.2, -0.15) is 0 Å².